The van der Waals surface area contributed by atoms with Gasteiger partial charge < -0.3 is 15.1 Å². The summed E-state index contributed by atoms with van der Waals surface area (Å²) >= 11 is 0. The zero-order valence-electron chi connectivity index (χ0n) is 16.0. The number of aromatic nitrogens is 3. The molecule has 1 aliphatic heterocycles. The SMILES string of the molecule is Cc1ccccc1N1Cc2c(NCc3cccnc3)ncnc2N(C)CC1=O. The van der Waals surface area contributed by atoms with Crippen LogP contribution in [-0.2, 0) is 17.9 Å². The Morgan fingerprint density at radius 2 is 1.96 bits per heavy atom. The number of likely N-dealkylation sites (N-methyl/N-ethyl adjacent to an activating group) is 1. The number of carbonyl (C=O) groups is 1. The molecule has 3 heterocycles. The predicted octanol–water partition coefficient (Wildman–Crippen LogP) is 2.78. The highest BCUT2D eigenvalue weighted by Gasteiger charge is 2.28. The molecule has 7 nitrogen and oxygen atoms in total. The quantitative estimate of drug-likeness (QED) is 0.757. The summed E-state index contributed by atoms with van der Waals surface area (Å²) in [5, 5.41) is 3.38. The zero-order chi connectivity index (χ0) is 19.5. The van der Waals surface area contributed by atoms with E-state index in [4.69, 9.17) is 0 Å². The summed E-state index contributed by atoms with van der Waals surface area (Å²) in [6, 6.07) is 11.8. The van der Waals surface area contributed by atoms with Crippen molar-refractivity contribution in [2.45, 2.75) is 20.0 Å². The number of amides is 1. The number of anilines is 3. The first-order valence-corrected chi connectivity index (χ1v) is 9.17. The molecule has 142 valence electrons. The lowest BCUT2D eigenvalue weighted by atomic mass is 10.1. The van der Waals surface area contributed by atoms with Crippen LogP contribution in [0.5, 0.6) is 0 Å². The monoisotopic (exact) mass is 374 g/mol. The number of para-hydroxylation sites is 1. The largest absolute Gasteiger partial charge is 0.365 e. The van der Waals surface area contributed by atoms with E-state index in [0.29, 0.717) is 13.1 Å². The van der Waals surface area contributed by atoms with Crippen LogP contribution in [0.15, 0.2) is 55.1 Å². The molecule has 0 saturated heterocycles. The third-order valence-electron chi connectivity index (χ3n) is 4.86. The van der Waals surface area contributed by atoms with Crippen LogP contribution in [-0.4, -0.2) is 34.5 Å². The van der Waals surface area contributed by atoms with Gasteiger partial charge in [-0.1, -0.05) is 24.3 Å². The second-order valence-corrected chi connectivity index (χ2v) is 6.86. The molecule has 1 amide bonds. The Morgan fingerprint density at radius 1 is 1.11 bits per heavy atom. The van der Waals surface area contributed by atoms with Crippen LogP contribution in [0.4, 0.5) is 17.3 Å². The molecule has 4 rings (SSSR count). The Kier molecular flexibility index (Phi) is 4.89. The van der Waals surface area contributed by atoms with Crippen molar-refractivity contribution in [2.75, 3.05) is 28.7 Å². The number of nitrogens with one attached hydrogen (secondary N) is 1. The third kappa shape index (κ3) is 3.51. The molecule has 0 bridgehead atoms. The van der Waals surface area contributed by atoms with Crippen molar-refractivity contribution in [3.05, 3.63) is 71.8 Å². The van der Waals surface area contributed by atoms with Crippen LogP contribution in [0.2, 0.25) is 0 Å². The zero-order valence-corrected chi connectivity index (χ0v) is 16.0. The minimum Gasteiger partial charge on any atom is -0.365 e. The molecule has 0 radical (unpaired) electrons. The van der Waals surface area contributed by atoms with Gasteiger partial charge in [-0.15, -0.1) is 0 Å². The van der Waals surface area contributed by atoms with E-state index >= 15 is 0 Å². The van der Waals surface area contributed by atoms with Crippen molar-refractivity contribution < 1.29 is 4.79 Å². The van der Waals surface area contributed by atoms with Gasteiger partial charge in [0.1, 0.15) is 18.0 Å². The molecule has 0 saturated carbocycles. The molecule has 1 aromatic carbocycles. The smallest absolute Gasteiger partial charge is 0.246 e. The van der Waals surface area contributed by atoms with E-state index in [1.54, 1.807) is 6.20 Å². The second kappa shape index (κ2) is 7.64. The minimum absolute atomic E-state index is 0.0352. The Labute approximate surface area is 164 Å². The molecule has 0 unspecified atom stereocenters. The Hall–Kier alpha value is -3.48. The highest BCUT2D eigenvalue weighted by Crippen LogP contribution is 2.31. The van der Waals surface area contributed by atoms with Gasteiger partial charge in [-0.3, -0.25) is 9.78 Å². The number of carbonyl (C=O) groups excluding carboxylic acids is 1. The van der Waals surface area contributed by atoms with Crippen LogP contribution >= 0.6 is 0 Å². The number of nitrogens with zero attached hydrogens (tertiary/aromatic N) is 5. The fourth-order valence-corrected chi connectivity index (χ4v) is 3.41. The molecule has 28 heavy (non-hydrogen) atoms. The Morgan fingerprint density at radius 3 is 2.75 bits per heavy atom. The van der Waals surface area contributed by atoms with Gasteiger partial charge in [0.2, 0.25) is 5.91 Å². The maximum atomic E-state index is 12.9. The van der Waals surface area contributed by atoms with Crippen LogP contribution in [0.1, 0.15) is 16.7 Å². The lowest BCUT2D eigenvalue weighted by Gasteiger charge is -2.23. The van der Waals surface area contributed by atoms with Crippen LogP contribution < -0.4 is 15.1 Å². The average molecular weight is 374 g/mol. The molecule has 0 aliphatic carbocycles. The van der Waals surface area contributed by atoms with Crippen molar-refractivity contribution in [1.29, 1.82) is 0 Å². The first kappa shape index (κ1) is 17.9. The topological polar surface area (TPSA) is 74.2 Å². The van der Waals surface area contributed by atoms with Crippen molar-refractivity contribution in [3.63, 3.8) is 0 Å². The highest BCUT2D eigenvalue weighted by molar-refractivity contribution is 5.98. The maximum absolute atomic E-state index is 12.9. The summed E-state index contributed by atoms with van der Waals surface area (Å²) in [5.74, 6) is 1.54. The average Bonchev–Trinajstić information content (AvgIpc) is 2.84. The fourth-order valence-electron chi connectivity index (χ4n) is 3.41. The van der Waals surface area contributed by atoms with Crippen LogP contribution in [0.3, 0.4) is 0 Å². The van der Waals surface area contributed by atoms with Gasteiger partial charge >= 0.3 is 0 Å². The molecule has 1 aliphatic rings. The van der Waals surface area contributed by atoms with E-state index in [0.717, 1.165) is 34.0 Å². The van der Waals surface area contributed by atoms with Gasteiger partial charge in [-0.05, 0) is 30.2 Å². The summed E-state index contributed by atoms with van der Waals surface area (Å²) in [4.78, 5) is 29.7. The van der Waals surface area contributed by atoms with E-state index in [1.807, 2.05) is 66.4 Å². The number of hydrogen-bond donors (Lipinski definition) is 1. The summed E-state index contributed by atoms with van der Waals surface area (Å²) < 4.78 is 0. The van der Waals surface area contributed by atoms with Crippen molar-refractivity contribution >= 4 is 23.2 Å². The molecule has 0 atom stereocenters. The molecule has 2 aromatic heterocycles. The minimum atomic E-state index is 0.0352. The van der Waals surface area contributed by atoms with Gasteiger partial charge in [0.15, 0.2) is 0 Å². The van der Waals surface area contributed by atoms with E-state index in [-0.39, 0.29) is 12.5 Å². The highest BCUT2D eigenvalue weighted by atomic mass is 16.2. The number of aryl methyl sites for hydroxylation is 1. The summed E-state index contributed by atoms with van der Waals surface area (Å²) in [6.45, 7) is 3.29. The van der Waals surface area contributed by atoms with E-state index in [1.165, 1.54) is 6.33 Å². The maximum Gasteiger partial charge on any atom is 0.246 e. The summed E-state index contributed by atoms with van der Waals surface area (Å²) in [7, 11) is 1.88. The Balaban J connectivity index is 1.69. The molecule has 0 spiro atoms. The molecule has 7 heteroatoms. The fraction of sp³-hybridized carbons (Fsp3) is 0.238. The predicted molar refractivity (Wildman–Crippen MR) is 109 cm³/mol. The van der Waals surface area contributed by atoms with Gasteiger partial charge in [0.25, 0.3) is 0 Å². The van der Waals surface area contributed by atoms with E-state index in [2.05, 4.69) is 20.3 Å². The van der Waals surface area contributed by atoms with E-state index in [9.17, 15) is 4.79 Å². The van der Waals surface area contributed by atoms with Gasteiger partial charge in [-0.25, -0.2) is 9.97 Å². The number of rotatable bonds is 4. The normalized spacial score (nSPS) is 13.9. The number of fused-ring (bicyclic) bond motifs is 1. The first-order valence-electron chi connectivity index (χ1n) is 9.17. The molecule has 0 fully saturated rings. The van der Waals surface area contributed by atoms with Crippen molar-refractivity contribution in [3.8, 4) is 0 Å². The second-order valence-electron chi connectivity index (χ2n) is 6.86. The van der Waals surface area contributed by atoms with E-state index < -0.39 is 0 Å². The molecular weight excluding hydrogens is 352 g/mol. The first-order chi connectivity index (χ1) is 13.6. The number of hydrogen-bond acceptors (Lipinski definition) is 6. The Bertz CT molecular complexity index is 991. The summed E-state index contributed by atoms with van der Waals surface area (Å²) in [6.07, 6.45) is 5.11. The van der Waals surface area contributed by atoms with Crippen molar-refractivity contribution in [2.24, 2.45) is 0 Å². The third-order valence-corrected chi connectivity index (χ3v) is 4.86. The molecule has 3 aromatic rings. The summed E-state index contributed by atoms with van der Waals surface area (Å²) in [5.41, 5.74) is 3.94. The van der Waals surface area contributed by atoms with Crippen LogP contribution in [0.25, 0.3) is 0 Å². The molecule has 1 N–H and O–H groups in total. The molecular formula is C21H22N6O. The number of benzene rings is 1. The van der Waals surface area contributed by atoms with Crippen molar-refractivity contribution in [1.82, 2.24) is 15.0 Å². The lowest BCUT2D eigenvalue weighted by molar-refractivity contribution is -0.117. The van der Waals surface area contributed by atoms with Gasteiger partial charge in [0.05, 0.1) is 18.7 Å². The lowest BCUT2D eigenvalue weighted by Crippen LogP contribution is -2.36. The van der Waals surface area contributed by atoms with Gasteiger partial charge in [-0.2, -0.15) is 0 Å². The standard InChI is InChI=1S/C21H22N6O/c1-15-6-3-4-8-18(15)27-12-17-20(23-11-16-7-5-9-22-10-16)24-14-25-21(17)26(2)13-19(27)28/h3-10,14H,11-13H2,1-2H3,(H,23,24,25). The van der Waals surface area contributed by atoms with Gasteiger partial charge in [0, 0.05) is 31.7 Å². The van der Waals surface area contributed by atoms with Crippen LogP contribution in [0, 0.1) is 6.92 Å². The number of pyridine rings is 1.